The van der Waals surface area contributed by atoms with E-state index in [-0.39, 0.29) is 6.61 Å². The minimum atomic E-state index is -0.0382. The third-order valence-corrected chi connectivity index (χ3v) is 3.99. The second-order valence-electron chi connectivity index (χ2n) is 5.50. The van der Waals surface area contributed by atoms with Crippen molar-refractivity contribution in [2.45, 2.75) is 45.4 Å². The van der Waals surface area contributed by atoms with Crippen molar-refractivity contribution in [1.29, 1.82) is 0 Å². The molecule has 1 aromatic heterocycles. The van der Waals surface area contributed by atoms with Gasteiger partial charge in [0, 0.05) is 24.6 Å². The van der Waals surface area contributed by atoms with Gasteiger partial charge in [0.15, 0.2) is 0 Å². The maximum Gasteiger partial charge on any atom is 0.140 e. The molecule has 1 atom stereocenters. The number of benzene rings is 1. The van der Waals surface area contributed by atoms with Gasteiger partial charge in [0.2, 0.25) is 0 Å². The molecule has 1 aromatic carbocycles. The van der Waals surface area contributed by atoms with E-state index >= 15 is 0 Å². The van der Waals surface area contributed by atoms with Crippen LogP contribution in [0.3, 0.4) is 0 Å². The Morgan fingerprint density at radius 2 is 2.15 bits per heavy atom. The van der Waals surface area contributed by atoms with Crippen LogP contribution in [0.5, 0.6) is 0 Å². The Bertz CT molecular complexity index is 561. The first-order chi connectivity index (χ1) is 9.76. The summed E-state index contributed by atoms with van der Waals surface area (Å²) in [6.07, 6.45) is 2.84. The first-order valence-electron chi connectivity index (χ1n) is 7.12. The van der Waals surface area contributed by atoms with Crippen molar-refractivity contribution >= 4 is 0 Å². The molecule has 2 aromatic rings. The molecule has 0 saturated carbocycles. The highest BCUT2D eigenvalue weighted by Crippen LogP contribution is 2.24. The highest BCUT2D eigenvalue weighted by atomic mass is 16.5. The number of aryl methyl sites for hydroxylation is 2. The van der Waals surface area contributed by atoms with Gasteiger partial charge in [0.25, 0.3) is 0 Å². The summed E-state index contributed by atoms with van der Waals surface area (Å²) in [5, 5.41) is 16.8. The fourth-order valence-corrected chi connectivity index (χ4v) is 2.73. The molecule has 2 N–H and O–H groups in total. The van der Waals surface area contributed by atoms with Crippen LogP contribution < -0.4 is 5.32 Å². The molecular weight excluding hydrogens is 252 g/mol. The summed E-state index contributed by atoms with van der Waals surface area (Å²) in [6.45, 7) is 2.94. The Labute approximate surface area is 118 Å². The van der Waals surface area contributed by atoms with E-state index in [1.54, 1.807) is 0 Å². The number of nitrogens with one attached hydrogen (secondary N) is 1. The fraction of sp³-hybridized carbons (Fsp3) is 0.438. The lowest BCUT2D eigenvalue weighted by Crippen LogP contribution is -2.34. The second-order valence-corrected chi connectivity index (χ2v) is 5.50. The Hall–Kier alpha value is -1.65. The van der Waals surface area contributed by atoms with Crippen LogP contribution in [-0.2, 0) is 26.0 Å². The summed E-state index contributed by atoms with van der Waals surface area (Å²) in [7, 11) is 0. The summed E-state index contributed by atoms with van der Waals surface area (Å²) in [6, 6.07) is 9.03. The smallest absolute Gasteiger partial charge is 0.140 e. The average molecular weight is 272 g/mol. The molecule has 3 rings (SSSR count). The number of fused-ring (bicyclic) bond motifs is 1. The summed E-state index contributed by atoms with van der Waals surface area (Å²) >= 11 is 0. The topological polar surface area (TPSA) is 58.3 Å². The van der Waals surface area contributed by atoms with Crippen molar-refractivity contribution in [3.63, 3.8) is 0 Å². The van der Waals surface area contributed by atoms with Crippen LogP contribution in [-0.4, -0.2) is 16.3 Å². The summed E-state index contributed by atoms with van der Waals surface area (Å²) in [4.78, 5) is 0. The number of aliphatic hydroxyl groups excluding tert-OH is 1. The molecule has 1 aliphatic carbocycles. The first-order valence-corrected chi connectivity index (χ1v) is 7.12. The normalized spacial score (nSPS) is 18.0. The van der Waals surface area contributed by atoms with Crippen molar-refractivity contribution in [2.75, 3.05) is 0 Å². The van der Waals surface area contributed by atoms with Crippen LogP contribution in [0, 0.1) is 6.92 Å². The second kappa shape index (κ2) is 5.77. The van der Waals surface area contributed by atoms with Gasteiger partial charge in [-0.05, 0) is 25.3 Å². The number of hydrogen-bond acceptors (Lipinski definition) is 4. The molecule has 4 nitrogen and oxygen atoms in total. The van der Waals surface area contributed by atoms with E-state index in [4.69, 9.17) is 4.52 Å². The van der Waals surface area contributed by atoms with Crippen LogP contribution in [0.1, 0.15) is 34.6 Å². The third-order valence-electron chi connectivity index (χ3n) is 3.99. The van der Waals surface area contributed by atoms with E-state index < -0.39 is 0 Å². The summed E-state index contributed by atoms with van der Waals surface area (Å²) < 4.78 is 5.26. The van der Waals surface area contributed by atoms with Gasteiger partial charge in [0.05, 0.1) is 6.61 Å². The van der Waals surface area contributed by atoms with Crippen LogP contribution >= 0.6 is 0 Å². The van der Waals surface area contributed by atoms with Crippen LogP contribution in [0.15, 0.2) is 28.8 Å². The monoisotopic (exact) mass is 272 g/mol. The number of rotatable bonds is 4. The lowest BCUT2D eigenvalue weighted by Gasteiger charge is -2.22. The van der Waals surface area contributed by atoms with Crippen molar-refractivity contribution in [3.05, 3.63) is 52.4 Å². The van der Waals surface area contributed by atoms with Gasteiger partial charge in [0.1, 0.15) is 11.5 Å². The lowest BCUT2D eigenvalue weighted by molar-refractivity contribution is 0.265. The van der Waals surface area contributed by atoms with E-state index in [1.165, 1.54) is 11.1 Å². The van der Waals surface area contributed by atoms with E-state index in [2.05, 4.69) is 41.7 Å². The van der Waals surface area contributed by atoms with Crippen LogP contribution in [0.4, 0.5) is 0 Å². The van der Waals surface area contributed by atoms with Crippen LogP contribution in [0.25, 0.3) is 0 Å². The van der Waals surface area contributed by atoms with Crippen molar-refractivity contribution in [2.24, 2.45) is 0 Å². The molecule has 106 valence electrons. The molecular formula is C16H20N2O2. The fourth-order valence-electron chi connectivity index (χ4n) is 2.73. The molecule has 0 fully saturated rings. The van der Waals surface area contributed by atoms with E-state index in [0.717, 1.165) is 37.1 Å². The Kier molecular flexibility index (Phi) is 3.85. The summed E-state index contributed by atoms with van der Waals surface area (Å²) in [5.74, 6) is 0.947. The van der Waals surface area contributed by atoms with Gasteiger partial charge in [-0.1, -0.05) is 35.0 Å². The predicted octanol–water partition coefficient (Wildman–Crippen LogP) is 2.12. The quantitative estimate of drug-likeness (QED) is 0.895. The van der Waals surface area contributed by atoms with Gasteiger partial charge >= 0.3 is 0 Å². The van der Waals surface area contributed by atoms with Crippen molar-refractivity contribution in [1.82, 2.24) is 10.5 Å². The lowest BCUT2D eigenvalue weighted by atomic mass is 9.92. The number of aliphatic hydroxyl groups is 1. The largest absolute Gasteiger partial charge is 0.390 e. The number of hydrogen-bond donors (Lipinski definition) is 2. The summed E-state index contributed by atoms with van der Waals surface area (Å²) in [5.41, 5.74) is 4.38. The zero-order valence-corrected chi connectivity index (χ0v) is 11.7. The Morgan fingerprint density at radius 3 is 2.90 bits per heavy atom. The van der Waals surface area contributed by atoms with E-state index in [0.29, 0.717) is 11.7 Å². The zero-order valence-electron chi connectivity index (χ0n) is 11.7. The predicted molar refractivity (Wildman–Crippen MR) is 76.3 cm³/mol. The van der Waals surface area contributed by atoms with E-state index in [9.17, 15) is 5.11 Å². The maximum absolute atomic E-state index is 9.26. The minimum absolute atomic E-state index is 0.0382. The van der Waals surface area contributed by atoms with Gasteiger partial charge in [-0.15, -0.1) is 0 Å². The van der Waals surface area contributed by atoms with Crippen molar-refractivity contribution in [3.8, 4) is 0 Å². The van der Waals surface area contributed by atoms with Gasteiger partial charge in [-0.3, -0.25) is 0 Å². The average Bonchev–Trinajstić information content (AvgIpc) is 2.89. The Balaban J connectivity index is 1.61. The molecule has 1 aliphatic rings. The molecule has 0 bridgehead atoms. The molecule has 4 heteroatoms. The molecule has 0 amide bonds. The number of aromatic nitrogens is 1. The molecule has 0 spiro atoms. The molecule has 0 aliphatic heterocycles. The van der Waals surface area contributed by atoms with Gasteiger partial charge in [-0.2, -0.15) is 0 Å². The Morgan fingerprint density at radius 1 is 1.35 bits per heavy atom. The van der Waals surface area contributed by atoms with Crippen molar-refractivity contribution < 1.29 is 9.63 Å². The highest BCUT2D eigenvalue weighted by Gasteiger charge is 2.24. The molecule has 1 unspecified atom stereocenters. The standard InChI is InChI=1S/C16H20N2O2/c1-11-2-4-12(5-3-11)9-17-13-6-7-16-14(8-13)15(10-19)18-20-16/h2-5,13,17,19H,6-10H2,1H3. The van der Waals surface area contributed by atoms with Gasteiger partial charge < -0.3 is 14.9 Å². The van der Waals surface area contributed by atoms with Gasteiger partial charge in [-0.25, -0.2) is 0 Å². The molecule has 0 radical (unpaired) electrons. The maximum atomic E-state index is 9.26. The highest BCUT2D eigenvalue weighted by molar-refractivity contribution is 5.27. The molecule has 0 saturated heterocycles. The van der Waals surface area contributed by atoms with Crippen LogP contribution in [0.2, 0.25) is 0 Å². The molecule has 1 heterocycles. The minimum Gasteiger partial charge on any atom is -0.390 e. The molecule has 20 heavy (non-hydrogen) atoms. The third kappa shape index (κ3) is 2.76. The van der Waals surface area contributed by atoms with E-state index in [1.807, 2.05) is 0 Å². The zero-order chi connectivity index (χ0) is 13.9. The SMILES string of the molecule is Cc1ccc(CNC2CCc3onc(CO)c3C2)cc1. The first kappa shape index (κ1) is 13.3. The number of nitrogens with zero attached hydrogens (tertiary/aromatic N) is 1.